The van der Waals surface area contributed by atoms with Crippen molar-refractivity contribution in [3.8, 4) is 0 Å². The van der Waals surface area contributed by atoms with Crippen molar-refractivity contribution in [1.82, 2.24) is 4.98 Å². The second kappa shape index (κ2) is 6.68. The minimum atomic E-state index is -0.676. The zero-order valence-electron chi connectivity index (χ0n) is 13.4. The van der Waals surface area contributed by atoms with E-state index in [1.807, 2.05) is 30.5 Å². The summed E-state index contributed by atoms with van der Waals surface area (Å²) in [6, 6.07) is 14.1. The van der Waals surface area contributed by atoms with Crippen LogP contribution in [0.1, 0.15) is 22.8 Å². The summed E-state index contributed by atoms with van der Waals surface area (Å²) in [6.07, 6.45) is 2.32. The van der Waals surface area contributed by atoms with Gasteiger partial charge in [0.1, 0.15) is 0 Å². The first-order valence-corrected chi connectivity index (χ1v) is 7.77. The van der Waals surface area contributed by atoms with Crippen LogP contribution in [0.4, 0.5) is 5.69 Å². The Bertz CT molecular complexity index is 898. The number of Topliss-reactive ketones (excluding diaryl/α,β-unsaturated/α-hetero) is 1. The highest BCUT2D eigenvalue weighted by atomic mass is 16.2. The van der Waals surface area contributed by atoms with E-state index in [9.17, 15) is 9.59 Å². The van der Waals surface area contributed by atoms with E-state index >= 15 is 0 Å². The van der Waals surface area contributed by atoms with Crippen LogP contribution in [0.25, 0.3) is 10.9 Å². The van der Waals surface area contributed by atoms with E-state index in [0.29, 0.717) is 17.7 Å². The fourth-order valence-electron chi connectivity index (χ4n) is 2.68. The number of nitrogens with one attached hydrogen (secondary N) is 2. The third kappa shape index (κ3) is 3.36. The van der Waals surface area contributed by atoms with Gasteiger partial charge in [-0.3, -0.25) is 9.59 Å². The number of aromatic nitrogens is 1. The van der Waals surface area contributed by atoms with E-state index in [2.05, 4.69) is 10.3 Å². The van der Waals surface area contributed by atoms with Gasteiger partial charge in [0, 0.05) is 28.4 Å². The van der Waals surface area contributed by atoms with Crippen molar-refractivity contribution >= 4 is 28.3 Å². The quantitative estimate of drug-likeness (QED) is 0.631. The molecule has 0 saturated carbocycles. The molecule has 0 bridgehead atoms. The van der Waals surface area contributed by atoms with Crippen LogP contribution in [0.15, 0.2) is 54.7 Å². The molecule has 3 aromatic rings. The molecule has 0 aliphatic rings. The number of benzene rings is 2. The summed E-state index contributed by atoms with van der Waals surface area (Å²) in [5.41, 5.74) is 9.21. The number of hydrogen-bond acceptors (Lipinski definition) is 3. The molecule has 24 heavy (non-hydrogen) atoms. The predicted molar refractivity (Wildman–Crippen MR) is 95.1 cm³/mol. The molecule has 1 heterocycles. The second-order valence-corrected chi connectivity index (χ2v) is 5.80. The Morgan fingerprint density at radius 1 is 1.17 bits per heavy atom. The first-order valence-electron chi connectivity index (χ1n) is 7.77. The topological polar surface area (TPSA) is 88.0 Å². The highest BCUT2D eigenvalue weighted by molar-refractivity contribution is 5.98. The van der Waals surface area contributed by atoms with Crippen LogP contribution in [-0.2, 0) is 11.2 Å². The molecule has 1 aromatic heterocycles. The number of fused-ring (bicyclic) bond motifs is 1. The van der Waals surface area contributed by atoms with Crippen LogP contribution in [0.2, 0.25) is 0 Å². The summed E-state index contributed by atoms with van der Waals surface area (Å²) >= 11 is 0. The van der Waals surface area contributed by atoms with Gasteiger partial charge < -0.3 is 16.0 Å². The van der Waals surface area contributed by atoms with Crippen LogP contribution in [-0.4, -0.2) is 22.7 Å². The normalized spacial score (nSPS) is 12.1. The number of aromatic amines is 1. The van der Waals surface area contributed by atoms with Crippen LogP contribution in [0, 0.1) is 0 Å². The lowest BCUT2D eigenvalue weighted by Gasteiger charge is -2.12. The minimum absolute atomic E-state index is 0.0470. The van der Waals surface area contributed by atoms with Crippen LogP contribution in [0.3, 0.4) is 0 Å². The zero-order valence-corrected chi connectivity index (χ0v) is 13.4. The largest absolute Gasteiger partial charge is 0.361 e. The molecule has 0 fully saturated rings. The molecule has 122 valence electrons. The molecule has 2 aromatic carbocycles. The van der Waals surface area contributed by atoms with E-state index in [1.54, 1.807) is 24.3 Å². The van der Waals surface area contributed by atoms with E-state index in [4.69, 9.17) is 5.73 Å². The number of hydrogen-bond donors (Lipinski definition) is 3. The van der Waals surface area contributed by atoms with Crippen molar-refractivity contribution in [3.63, 3.8) is 0 Å². The lowest BCUT2D eigenvalue weighted by atomic mass is 10.0. The van der Waals surface area contributed by atoms with Gasteiger partial charge in [0.05, 0.1) is 6.04 Å². The number of anilines is 1. The smallest absolute Gasteiger partial charge is 0.241 e. The van der Waals surface area contributed by atoms with Crippen molar-refractivity contribution < 1.29 is 9.59 Å². The number of para-hydroxylation sites is 1. The third-order valence-electron chi connectivity index (χ3n) is 3.99. The number of carbonyl (C=O) groups is 2. The molecule has 0 spiro atoms. The second-order valence-electron chi connectivity index (χ2n) is 5.80. The number of nitrogens with two attached hydrogens (primary N) is 1. The van der Waals surface area contributed by atoms with Gasteiger partial charge in [-0.2, -0.15) is 0 Å². The molecule has 1 amide bonds. The fraction of sp³-hybridized carbons (Fsp3) is 0.158. The molecule has 0 aliphatic heterocycles. The number of H-pyrrole nitrogens is 1. The molecule has 1 atom stereocenters. The predicted octanol–water partition coefficient (Wildman–Crippen LogP) is 2.88. The van der Waals surface area contributed by atoms with Gasteiger partial charge in [0.25, 0.3) is 0 Å². The average Bonchev–Trinajstić information content (AvgIpc) is 2.98. The van der Waals surface area contributed by atoms with Gasteiger partial charge in [-0.15, -0.1) is 0 Å². The average molecular weight is 321 g/mol. The molecule has 0 unspecified atom stereocenters. The van der Waals surface area contributed by atoms with Gasteiger partial charge in [-0.25, -0.2) is 0 Å². The van der Waals surface area contributed by atoms with Crippen LogP contribution < -0.4 is 11.1 Å². The lowest BCUT2D eigenvalue weighted by Crippen LogP contribution is -2.37. The van der Waals surface area contributed by atoms with Crippen molar-refractivity contribution in [1.29, 1.82) is 0 Å². The van der Waals surface area contributed by atoms with E-state index < -0.39 is 6.04 Å². The Hall–Kier alpha value is -2.92. The molecule has 4 N–H and O–H groups in total. The van der Waals surface area contributed by atoms with Crippen molar-refractivity contribution in [2.75, 3.05) is 5.32 Å². The summed E-state index contributed by atoms with van der Waals surface area (Å²) in [5.74, 6) is -0.324. The van der Waals surface area contributed by atoms with Gasteiger partial charge in [0.2, 0.25) is 5.91 Å². The maximum Gasteiger partial charge on any atom is 0.241 e. The van der Waals surface area contributed by atoms with E-state index in [1.165, 1.54) is 6.92 Å². The molecule has 5 heteroatoms. The maximum absolute atomic E-state index is 12.3. The first kappa shape index (κ1) is 16.0. The summed E-state index contributed by atoms with van der Waals surface area (Å²) < 4.78 is 0. The summed E-state index contributed by atoms with van der Waals surface area (Å²) in [5, 5.41) is 3.84. The standard InChI is InChI=1S/C19H19N3O2/c1-12(23)13-5-4-6-15(9-13)22-19(24)17(20)10-14-11-21-18-8-3-2-7-16(14)18/h2-9,11,17,21H,10,20H2,1H3,(H,22,24)/t17-/m0/s1. The summed E-state index contributed by atoms with van der Waals surface area (Å²) in [4.78, 5) is 26.9. The van der Waals surface area contributed by atoms with Gasteiger partial charge in [0.15, 0.2) is 5.78 Å². The van der Waals surface area contributed by atoms with Crippen LogP contribution in [0.5, 0.6) is 0 Å². The van der Waals surface area contributed by atoms with Crippen molar-refractivity contribution in [3.05, 3.63) is 65.9 Å². The summed E-state index contributed by atoms with van der Waals surface area (Å²) in [6.45, 7) is 1.49. The highest BCUT2D eigenvalue weighted by Crippen LogP contribution is 2.19. The monoisotopic (exact) mass is 321 g/mol. The molecular formula is C19H19N3O2. The Morgan fingerprint density at radius 3 is 2.75 bits per heavy atom. The number of ketones is 1. The van der Waals surface area contributed by atoms with Gasteiger partial charge >= 0.3 is 0 Å². The maximum atomic E-state index is 12.3. The van der Waals surface area contributed by atoms with Crippen molar-refractivity contribution in [2.45, 2.75) is 19.4 Å². The van der Waals surface area contributed by atoms with Gasteiger partial charge in [-0.05, 0) is 37.1 Å². The van der Waals surface area contributed by atoms with Crippen molar-refractivity contribution in [2.24, 2.45) is 5.73 Å². The molecule has 0 radical (unpaired) electrons. The van der Waals surface area contributed by atoms with E-state index in [0.717, 1.165) is 16.5 Å². The Morgan fingerprint density at radius 2 is 1.96 bits per heavy atom. The Labute approximate surface area is 139 Å². The van der Waals surface area contributed by atoms with Crippen LogP contribution >= 0.6 is 0 Å². The molecule has 3 rings (SSSR count). The van der Waals surface area contributed by atoms with E-state index in [-0.39, 0.29) is 11.7 Å². The number of carbonyl (C=O) groups excluding carboxylic acids is 2. The molecule has 0 aliphatic carbocycles. The van der Waals surface area contributed by atoms with Gasteiger partial charge in [-0.1, -0.05) is 30.3 Å². The summed E-state index contributed by atoms with van der Waals surface area (Å²) in [7, 11) is 0. The number of rotatable bonds is 5. The Kier molecular flexibility index (Phi) is 4.44. The first-order chi connectivity index (χ1) is 11.5. The fourth-order valence-corrected chi connectivity index (χ4v) is 2.68. The molecule has 0 saturated heterocycles. The molecular weight excluding hydrogens is 302 g/mol. The number of amides is 1. The lowest BCUT2D eigenvalue weighted by molar-refractivity contribution is -0.117. The Balaban J connectivity index is 1.71. The minimum Gasteiger partial charge on any atom is -0.361 e. The highest BCUT2D eigenvalue weighted by Gasteiger charge is 2.16. The zero-order chi connectivity index (χ0) is 17.1. The molecule has 5 nitrogen and oxygen atoms in total. The SMILES string of the molecule is CC(=O)c1cccc(NC(=O)[C@@H](N)Cc2c[nH]c3ccccc23)c1. The third-order valence-corrected chi connectivity index (χ3v) is 3.99.